The molecular formula is C12H22N2O4. The van der Waals surface area contributed by atoms with Gasteiger partial charge in [-0.15, -0.1) is 0 Å². The molecule has 0 heterocycles. The van der Waals surface area contributed by atoms with Gasteiger partial charge < -0.3 is 20.5 Å². The Morgan fingerprint density at radius 1 is 1.44 bits per heavy atom. The van der Waals surface area contributed by atoms with Crippen LogP contribution in [0, 0.1) is 0 Å². The number of rotatable bonds is 7. The molecule has 0 spiro atoms. The third-order valence-electron chi connectivity index (χ3n) is 3.00. The van der Waals surface area contributed by atoms with Crippen LogP contribution in [0.4, 0.5) is 4.79 Å². The van der Waals surface area contributed by atoms with Crippen molar-refractivity contribution in [1.29, 1.82) is 0 Å². The summed E-state index contributed by atoms with van der Waals surface area (Å²) in [6.07, 6.45) is 2.48. The minimum absolute atomic E-state index is 0.0668. The van der Waals surface area contributed by atoms with Gasteiger partial charge in [-0.2, -0.15) is 0 Å². The normalized spacial score (nSPS) is 23.9. The Kier molecular flexibility index (Phi) is 5.91. The predicted octanol–water partition coefficient (Wildman–Crippen LogP) is 1.11. The quantitative estimate of drug-likeness (QED) is 0.638. The third-order valence-corrected chi connectivity index (χ3v) is 3.00. The molecule has 2 amide bonds. The molecule has 1 aliphatic carbocycles. The van der Waals surface area contributed by atoms with Crippen molar-refractivity contribution < 1.29 is 19.4 Å². The summed E-state index contributed by atoms with van der Waals surface area (Å²) in [5.74, 6) is -0.845. The van der Waals surface area contributed by atoms with Gasteiger partial charge in [-0.25, -0.2) is 4.79 Å². The largest absolute Gasteiger partial charge is 0.481 e. The molecule has 0 radical (unpaired) electrons. The van der Waals surface area contributed by atoms with Gasteiger partial charge in [0.15, 0.2) is 0 Å². The second kappa shape index (κ2) is 7.20. The number of amides is 2. The number of ether oxygens (including phenoxy) is 1. The number of nitrogens with one attached hydrogen (secondary N) is 2. The molecule has 0 aromatic rings. The van der Waals surface area contributed by atoms with E-state index < -0.39 is 5.97 Å². The third kappa shape index (κ3) is 5.35. The molecule has 18 heavy (non-hydrogen) atoms. The van der Waals surface area contributed by atoms with E-state index in [-0.39, 0.29) is 30.6 Å². The molecule has 0 aliphatic heterocycles. The van der Waals surface area contributed by atoms with E-state index >= 15 is 0 Å². The molecular weight excluding hydrogens is 236 g/mol. The minimum Gasteiger partial charge on any atom is -0.481 e. The standard InChI is InChI=1S/C12H22N2O4/c1-3-18-10-6-9(7-10)14-12(17)13-8(2)4-5-11(15)16/h8-10H,3-7H2,1-2H3,(H,15,16)(H2,13,14,17). The molecule has 1 fully saturated rings. The van der Waals surface area contributed by atoms with Gasteiger partial charge in [0, 0.05) is 25.1 Å². The molecule has 1 atom stereocenters. The van der Waals surface area contributed by atoms with Gasteiger partial charge in [0.2, 0.25) is 0 Å². The smallest absolute Gasteiger partial charge is 0.315 e. The van der Waals surface area contributed by atoms with Crippen LogP contribution in [0.25, 0.3) is 0 Å². The Morgan fingerprint density at radius 2 is 2.11 bits per heavy atom. The number of carbonyl (C=O) groups is 2. The van der Waals surface area contributed by atoms with Crippen LogP contribution in [0.3, 0.4) is 0 Å². The Labute approximate surface area is 107 Å². The van der Waals surface area contributed by atoms with Crippen molar-refractivity contribution in [1.82, 2.24) is 10.6 Å². The molecule has 104 valence electrons. The Hall–Kier alpha value is -1.30. The number of hydrogen-bond acceptors (Lipinski definition) is 3. The first-order valence-corrected chi connectivity index (χ1v) is 6.41. The summed E-state index contributed by atoms with van der Waals surface area (Å²) in [6.45, 7) is 4.46. The van der Waals surface area contributed by atoms with Gasteiger partial charge in [-0.3, -0.25) is 4.79 Å². The highest BCUT2D eigenvalue weighted by atomic mass is 16.5. The Balaban J connectivity index is 2.09. The van der Waals surface area contributed by atoms with Gasteiger partial charge >= 0.3 is 12.0 Å². The number of carboxylic acid groups (broad SMARTS) is 1. The monoisotopic (exact) mass is 258 g/mol. The second-order valence-electron chi connectivity index (χ2n) is 4.70. The van der Waals surface area contributed by atoms with Crippen LogP contribution in [-0.4, -0.2) is 41.9 Å². The molecule has 6 nitrogen and oxygen atoms in total. The number of carboxylic acids is 1. The second-order valence-corrected chi connectivity index (χ2v) is 4.70. The number of hydrogen-bond donors (Lipinski definition) is 3. The molecule has 6 heteroatoms. The van der Waals surface area contributed by atoms with Gasteiger partial charge in [-0.1, -0.05) is 0 Å². The van der Waals surface area contributed by atoms with Gasteiger partial charge in [0.05, 0.1) is 6.10 Å². The number of aliphatic carboxylic acids is 1. The molecule has 0 aromatic carbocycles. The molecule has 0 saturated heterocycles. The topological polar surface area (TPSA) is 87.7 Å². The van der Waals surface area contributed by atoms with Crippen molar-refractivity contribution in [2.45, 2.75) is 57.7 Å². The zero-order valence-corrected chi connectivity index (χ0v) is 10.9. The molecule has 1 saturated carbocycles. The van der Waals surface area contributed by atoms with E-state index in [1.807, 2.05) is 6.92 Å². The highest BCUT2D eigenvalue weighted by Crippen LogP contribution is 2.22. The molecule has 1 aliphatic rings. The van der Waals surface area contributed by atoms with E-state index in [1.54, 1.807) is 6.92 Å². The Morgan fingerprint density at radius 3 is 2.67 bits per heavy atom. The summed E-state index contributed by atoms with van der Waals surface area (Å²) in [5.41, 5.74) is 0. The van der Waals surface area contributed by atoms with E-state index in [0.717, 1.165) is 12.8 Å². The Bertz CT molecular complexity index is 290. The lowest BCUT2D eigenvalue weighted by atomic mass is 9.89. The van der Waals surface area contributed by atoms with Crippen LogP contribution in [0.1, 0.15) is 39.5 Å². The first kappa shape index (κ1) is 14.8. The van der Waals surface area contributed by atoms with Gasteiger partial charge in [0.1, 0.15) is 0 Å². The average molecular weight is 258 g/mol. The van der Waals surface area contributed by atoms with E-state index in [1.165, 1.54) is 0 Å². The summed E-state index contributed by atoms with van der Waals surface area (Å²) in [6, 6.07) is -0.190. The predicted molar refractivity (Wildman–Crippen MR) is 66.4 cm³/mol. The van der Waals surface area contributed by atoms with Gasteiger partial charge in [0.25, 0.3) is 0 Å². The van der Waals surface area contributed by atoms with E-state index in [4.69, 9.17) is 9.84 Å². The van der Waals surface area contributed by atoms with Crippen molar-refractivity contribution in [2.24, 2.45) is 0 Å². The van der Waals surface area contributed by atoms with Crippen LogP contribution in [-0.2, 0) is 9.53 Å². The molecule has 1 rings (SSSR count). The zero-order valence-electron chi connectivity index (χ0n) is 10.9. The van der Waals surface area contributed by atoms with Crippen LogP contribution < -0.4 is 10.6 Å². The first-order valence-electron chi connectivity index (χ1n) is 6.41. The lowest BCUT2D eigenvalue weighted by Crippen LogP contribution is -2.52. The summed E-state index contributed by atoms with van der Waals surface area (Å²) in [7, 11) is 0. The zero-order chi connectivity index (χ0) is 13.5. The summed E-state index contributed by atoms with van der Waals surface area (Å²) >= 11 is 0. The minimum atomic E-state index is -0.845. The fourth-order valence-electron chi connectivity index (χ4n) is 1.92. The van der Waals surface area contributed by atoms with Crippen molar-refractivity contribution in [3.63, 3.8) is 0 Å². The van der Waals surface area contributed by atoms with E-state index in [9.17, 15) is 9.59 Å². The fourth-order valence-corrected chi connectivity index (χ4v) is 1.92. The van der Waals surface area contributed by atoms with Crippen LogP contribution in [0.15, 0.2) is 0 Å². The SMILES string of the molecule is CCOC1CC(NC(=O)NC(C)CCC(=O)O)C1. The lowest BCUT2D eigenvalue weighted by Gasteiger charge is -2.35. The molecule has 0 bridgehead atoms. The van der Waals surface area contributed by atoms with E-state index in [0.29, 0.717) is 13.0 Å². The van der Waals surface area contributed by atoms with E-state index in [2.05, 4.69) is 10.6 Å². The summed E-state index contributed by atoms with van der Waals surface area (Å²) in [5, 5.41) is 14.1. The molecule has 1 unspecified atom stereocenters. The summed E-state index contributed by atoms with van der Waals surface area (Å²) < 4.78 is 5.40. The lowest BCUT2D eigenvalue weighted by molar-refractivity contribution is -0.137. The van der Waals surface area contributed by atoms with Crippen LogP contribution in [0.5, 0.6) is 0 Å². The average Bonchev–Trinajstić information content (AvgIpc) is 2.23. The fraction of sp³-hybridized carbons (Fsp3) is 0.833. The first-order chi connectivity index (χ1) is 8.51. The highest BCUT2D eigenvalue weighted by Gasteiger charge is 2.30. The highest BCUT2D eigenvalue weighted by molar-refractivity contribution is 5.74. The molecule has 3 N–H and O–H groups in total. The van der Waals surface area contributed by atoms with Crippen molar-refractivity contribution >= 4 is 12.0 Å². The summed E-state index contributed by atoms with van der Waals surface area (Å²) in [4.78, 5) is 21.9. The number of urea groups is 1. The maximum atomic E-state index is 11.6. The maximum Gasteiger partial charge on any atom is 0.315 e. The van der Waals surface area contributed by atoms with Gasteiger partial charge in [-0.05, 0) is 33.1 Å². The number of carbonyl (C=O) groups excluding carboxylic acids is 1. The maximum absolute atomic E-state index is 11.6. The molecule has 0 aromatic heterocycles. The van der Waals surface area contributed by atoms with Crippen molar-refractivity contribution in [2.75, 3.05) is 6.61 Å². The van der Waals surface area contributed by atoms with Crippen molar-refractivity contribution in [3.8, 4) is 0 Å². The van der Waals surface area contributed by atoms with Crippen LogP contribution >= 0.6 is 0 Å². The van der Waals surface area contributed by atoms with Crippen LogP contribution in [0.2, 0.25) is 0 Å². The van der Waals surface area contributed by atoms with Crippen molar-refractivity contribution in [3.05, 3.63) is 0 Å².